The first-order chi connectivity index (χ1) is 11.8. The molecular weight excluding hydrogens is 300 g/mol. The molecule has 1 heterocycles. The van der Waals surface area contributed by atoms with E-state index in [0.29, 0.717) is 0 Å². The maximum Gasteiger partial charge on any atom is 0.253 e. The Labute approximate surface area is 143 Å². The maximum absolute atomic E-state index is 12.6. The van der Waals surface area contributed by atoms with Gasteiger partial charge in [0.15, 0.2) is 0 Å². The Morgan fingerprint density at radius 2 is 1.71 bits per heavy atom. The second-order valence-electron chi connectivity index (χ2n) is 6.14. The van der Waals surface area contributed by atoms with E-state index >= 15 is 0 Å². The van der Waals surface area contributed by atoms with Gasteiger partial charge in [0.05, 0.1) is 7.11 Å². The highest BCUT2D eigenvalue weighted by Gasteiger charge is 2.20. The summed E-state index contributed by atoms with van der Waals surface area (Å²) in [5.41, 5.74) is 2.06. The lowest BCUT2D eigenvalue weighted by Crippen LogP contribution is -2.35. The summed E-state index contributed by atoms with van der Waals surface area (Å²) in [4.78, 5) is 17.0. The molecule has 1 saturated heterocycles. The summed E-state index contributed by atoms with van der Waals surface area (Å²) in [7, 11) is 1.68. The molecule has 0 aliphatic carbocycles. The number of rotatable bonds is 4. The molecule has 4 heteroatoms. The van der Waals surface area contributed by atoms with Crippen molar-refractivity contribution in [2.75, 3.05) is 33.3 Å². The molecule has 3 rings (SSSR count). The van der Waals surface area contributed by atoms with E-state index in [1.54, 1.807) is 7.11 Å². The van der Waals surface area contributed by atoms with Crippen LogP contribution in [0.15, 0.2) is 54.6 Å². The summed E-state index contributed by atoms with van der Waals surface area (Å²) in [6.45, 7) is 4.45. The smallest absolute Gasteiger partial charge is 0.253 e. The maximum atomic E-state index is 12.6. The zero-order valence-corrected chi connectivity index (χ0v) is 14.1. The fraction of sp³-hybridized carbons (Fsp3) is 0.350. The van der Waals surface area contributed by atoms with Crippen molar-refractivity contribution in [1.82, 2.24) is 9.80 Å². The minimum absolute atomic E-state index is 0.141. The van der Waals surface area contributed by atoms with Gasteiger partial charge < -0.3 is 9.64 Å². The van der Waals surface area contributed by atoms with E-state index in [9.17, 15) is 4.79 Å². The first kappa shape index (κ1) is 16.5. The molecular formula is C20H24N2O2. The molecule has 0 bridgehead atoms. The van der Waals surface area contributed by atoms with Crippen LogP contribution in [-0.4, -0.2) is 49.0 Å². The van der Waals surface area contributed by atoms with Gasteiger partial charge in [0, 0.05) is 38.3 Å². The number of amides is 1. The van der Waals surface area contributed by atoms with Crippen molar-refractivity contribution in [3.63, 3.8) is 0 Å². The number of nitrogens with zero attached hydrogens (tertiary/aromatic N) is 2. The van der Waals surface area contributed by atoms with Crippen molar-refractivity contribution in [3.05, 3.63) is 65.7 Å². The molecule has 24 heavy (non-hydrogen) atoms. The lowest BCUT2D eigenvalue weighted by molar-refractivity contribution is 0.0761. The molecule has 2 aromatic carbocycles. The number of benzene rings is 2. The van der Waals surface area contributed by atoms with Crippen LogP contribution < -0.4 is 4.74 Å². The number of methoxy groups -OCH3 is 1. The van der Waals surface area contributed by atoms with E-state index < -0.39 is 0 Å². The normalized spacial score (nSPS) is 15.8. The van der Waals surface area contributed by atoms with Crippen molar-refractivity contribution in [1.29, 1.82) is 0 Å². The van der Waals surface area contributed by atoms with Gasteiger partial charge in [-0.25, -0.2) is 0 Å². The number of carbonyl (C=O) groups is 1. The van der Waals surface area contributed by atoms with Crippen molar-refractivity contribution in [2.24, 2.45) is 0 Å². The van der Waals surface area contributed by atoms with Crippen molar-refractivity contribution >= 4 is 5.91 Å². The molecule has 4 nitrogen and oxygen atoms in total. The molecule has 0 saturated carbocycles. The Hall–Kier alpha value is -2.33. The standard InChI is InChI=1S/C20H24N2O2/c1-24-19-10-8-17(9-11-19)16-21-12-5-13-22(15-14-21)20(23)18-6-3-2-4-7-18/h2-4,6-11H,5,12-16H2,1H3. The minimum atomic E-state index is 0.141. The van der Waals surface area contributed by atoms with E-state index in [2.05, 4.69) is 17.0 Å². The number of hydrogen-bond donors (Lipinski definition) is 0. The molecule has 0 unspecified atom stereocenters. The summed E-state index contributed by atoms with van der Waals surface area (Å²) in [5.74, 6) is 1.02. The topological polar surface area (TPSA) is 32.8 Å². The van der Waals surface area contributed by atoms with Crippen LogP contribution in [0.4, 0.5) is 0 Å². The molecule has 1 amide bonds. The minimum Gasteiger partial charge on any atom is -0.497 e. The van der Waals surface area contributed by atoms with Crippen LogP contribution in [0.1, 0.15) is 22.3 Å². The molecule has 0 N–H and O–H groups in total. The van der Waals surface area contributed by atoms with Gasteiger partial charge in [-0.2, -0.15) is 0 Å². The van der Waals surface area contributed by atoms with E-state index in [1.807, 2.05) is 47.4 Å². The number of ether oxygens (including phenoxy) is 1. The average Bonchev–Trinajstić information content (AvgIpc) is 2.88. The van der Waals surface area contributed by atoms with Gasteiger partial charge in [-0.05, 0) is 36.2 Å². The van der Waals surface area contributed by atoms with Crippen LogP contribution in [0, 0.1) is 0 Å². The molecule has 126 valence electrons. The van der Waals surface area contributed by atoms with Crippen LogP contribution >= 0.6 is 0 Å². The third kappa shape index (κ3) is 4.15. The highest BCUT2D eigenvalue weighted by Crippen LogP contribution is 2.15. The summed E-state index contributed by atoms with van der Waals surface area (Å²) < 4.78 is 5.20. The molecule has 1 aliphatic rings. The van der Waals surface area contributed by atoms with Crippen molar-refractivity contribution in [2.45, 2.75) is 13.0 Å². The zero-order chi connectivity index (χ0) is 16.8. The second-order valence-corrected chi connectivity index (χ2v) is 6.14. The lowest BCUT2D eigenvalue weighted by Gasteiger charge is -2.22. The number of carbonyl (C=O) groups excluding carboxylic acids is 1. The summed E-state index contributed by atoms with van der Waals surface area (Å²) in [6.07, 6.45) is 1.01. The molecule has 0 aromatic heterocycles. The van der Waals surface area contributed by atoms with Crippen LogP contribution in [0.5, 0.6) is 5.75 Å². The van der Waals surface area contributed by atoms with Gasteiger partial charge in [0.25, 0.3) is 5.91 Å². The summed E-state index contributed by atoms with van der Waals surface area (Å²) >= 11 is 0. The number of hydrogen-bond acceptors (Lipinski definition) is 3. The van der Waals surface area contributed by atoms with Gasteiger partial charge in [0.2, 0.25) is 0 Å². The Balaban J connectivity index is 1.57. The quantitative estimate of drug-likeness (QED) is 0.866. The van der Waals surface area contributed by atoms with Gasteiger partial charge >= 0.3 is 0 Å². The van der Waals surface area contributed by atoms with Crippen LogP contribution in [-0.2, 0) is 6.54 Å². The van der Waals surface area contributed by atoms with Gasteiger partial charge in [0.1, 0.15) is 5.75 Å². The molecule has 0 atom stereocenters. The molecule has 2 aromatic rings. The first-order valence-electron chi connectivity index (χ1n) is 8.46. The van der Waals surface area contributed by atoms with Crippen molar-refractivity contribution in [3.8, 4) is 5.75 Å². The Kier molecular flexibility index (Phi) is 5.49. The largest absolute Gasteiger partial charge is 0.497 e. The molecule has 0 radical (unpaired) electrons. The summed E-state index contributed by atoms with van der Waals surface area (Å²) in [5, 5.41) is 0. The van der Waals surface area contributed by atoms with Gasteiger partial charge in [-0.1, -0.05) is 30.3 Å². The third-order valence-corrected chi connectivity index (χ3v) is 4.46. The average molecular weight is 324 g/mol. The van der Waals surface area contributed by atoms with E-state index in [4.69, 9.17) is 4.74 Å². The molecule has 1 aliphatic heterocycles. The van der Waals surface area contributed by atoms with Crippen LogP contribution in [0.3, 0.4) is 0 Å². The third-order valence-electron chi connectivity index (χ3n) is 4.46. The van der Waals surface area contributed by atoms with Crippen LogP contribution in [0.2, 0.25) is 0 Å². The predicted octanol–water partition coefficient (Wildman–Crippen LogP) is 3.04. The van der Waals surface area contributed by atoms with Gasteiger partial charge in [-0.3, -0.25) is 9.69 Å². The van der Waals surface area contributed by atoms with E-state index in [0.717, 1.165) is 50.5 Å². The van der Waals surface area contributed by atoms with Crippen molar-refractivity contribution < 1.29 is 9.53 Å². The first-order valence-corrected chi connectivity index (χ1v) is 8.46. The second kappa shape index (κ2) is 7.97. The highest BCUT2D eigenvalue weighted by molar-refractivity contribution is 5.94. The Morgan fingerprint density at radius 3 is 2.42 bits per heavy atom. The Bertz CT molecular complexity index is 655. The summed E-state index contributed by atoms with van der Waals surface area (Å²) in [6, 6.07) is 17.8. The molecule has 0 spiro atoms. The molecule has 1 fully saturated rings. The highest BCUT2D eigenvalue weighted by atomic mass is 16.5. The van der Waals surface area contributed by atoms with Gasteiger partial charge in [-0.15, -0.1) is 0 Å². The van der Waals surface area contributed by atoms with E-state index in [-0.39, 0.29) is 5.91 Å². The van der Waals surface area contributed by atoms with E-state index in [1.165, 1.54) is 5.56 Å². The predicted molar refractivity (Wildman–Crippen MR) is 95.2 cm³/mol. The zero-order valence-electron chi connectivity index (χ0n) is 14.1. The fourth-order valence-electron chi connectivity index (χ4n) is 3.08. The fourth-order valence-corrected chi connectivity index (χ4v) is 3.08. The SMILES string of the molecule is COc1ccc(CN2CCCN(C(=O)c3ccccc3)CC2)cc1. The monoisotopic (exact) mass is 324 g/mol. The Morgan fingerprint density at radius 1 is 0.958 bits per heavy atom. The van der Waals surface area contributed by atoms with Crippen LogP contribution in [0.25, 0.3) is 0 Å². The lowest BCUT2D eigenvalue weighted by atomic mass is 10.2.